The summed E-state index contributed by atoms with van der Waals surface area (Å²) in [5, 5.41) is 0. The largest absolute Gasteiger partial charge is 0.496 e. The Morgan fingerprint density at radius 2 is 2.14 bits per heavy atom. The minimum atomic E-state index is -0.398. The molecule has 0 fully saturated rings. The molecule has 0 radical (unpaired) electrons. The molecule has 28 heavy (non-hydrogen) atoms. The van der Waals surface area contributed by atoms with Crippen LogP contribution >= 0.6 is 12.4 Å². The zero-order valence-electron chi connectivity index (χ0n) is 16.4. The lowest BCUT2D eigenvalue weighted by molar-refractivity contribution is 0.299. The zero-order valence-corrected chi connectivity index (χ0v) is 17.2. The monoisotopic (exact) mass is 402 g/mol. The average Bonchev–Trinajstić information content (AvgIpc) is 3.05. The third-order valence-electron chi connectivity index (χ3n) is 5.61. The molecule has 0 amide bonds. The van der Waals surface area contributed by atoms with Crippen molar-refractivity contribution in [1.82, 2.24) is 9.88 Å². The number of fused-ring (bicyclic) bond motifs is 2. The number of hydrogen-bond donors (Lipinski definition) is 1. The number of halogens is 1. The maximum atomic E-state index is 11.3. The van der Waals surface area contributed by atoms with E-state index in [9.17, 15) is 4.79 Å². The molecule has 1 aliphatic carbocycles. The number of ether oxygens (including phenoxy) is 1. The van der Waals surface area contributed by atoms with Crippen molar-refractivity contribution in [3.63, 3.8) is 0 Å². The van der Waals surface area contributed by atoms with E-state index in [2.05, 4.69) is 41.2 Å². The molecule has 0 spiro atoms. The highest BCUT2D eigenvalue weighted by Crippen LogP contribution is 2.36. The molecule has 0 bridgehead atoms. The number of oxazole rings is 1. The zero-order chi connectivity index (χ0) is 18.8. The van der Waals surface area contributed by atoms with Crippen molar-refractivity contribution in [1.29, 1.82) is 0 Å². The van der Waals surface area contributed by atoms with Crippen molar-refractivity contribution >= 4 is 23.5 Å². The highest BCUT2D eigenvalue weighted by atomic mass is 35.5. The van der Waals surface area contributed by atoms with Crippen molar-refractivity contribution in [2.45, 2.75) is 31.6 Å². The van der Waals surface area contributed by atoms with Crippen LogP contribution in [0.2, 0.25) is 0 Å². The molecule has 150 valence electrons. The van der Waals surface area contributed by atoms with E-state index in [1.807, 2.05) is 12.1 Å². The lowest BCUT2D eigenvalue weighted by Crippen LogP contribution is -2.28. The fourth-order valence-corrected chi connectivity index (χ4v) is 4.23. The molecule has 6 heteroatoms. The number of rotatable bonds is 6. The number of aromatic amines is 1. The predicted octanol–water partition coefficient (Wildman–Crippen LogP) is 4.15. The van der Waals surface area contributed by atoms with E-state index in [0.717, 1.165) is 37.2 Å². The second-order valence-corrected chi connectivity index (χ2v) is 7.47. The normalized spacial score (nSPS) is 16.0. The van der Waals surface area contributed by atoms with E-state index in [1.165, 1.54) is 29.5 Å². The van der Waals surface area contributed by atoms with Crippen molar-refractivity contribution in [2.75, 3.05) is 27.2 Å². The fourth-order valence-electron chi connectivity index (χ4n) is 4.23. The summed E-state index contributed by atoms with van der Waals surface area (Å²) in [6.45, 7) is 2.01. The number of nitrogens with one attached hydrogen (secondary N) is 1. The van der Waals surface area contributed by atoms with Gasteiger partial charge in [-0.25, -0.2) is 4.79 Å². The molecule has 0 aliphatic heterocycles. The van der Waals surface area contributed by atoms with E-state index in [4.69, 9.17) is 9.15 Å². The second kappa shape index (κ2) is 8.84. The van der Waals surface area contributed by atoms with Crippen LogP contribution in [0.5, 0.6) is 5.75 Å². The highest BCUT2D eigenvalue weighted by Gasteiger charge is 2.23. The summed E-state index contributed by atoms with van der Waals surface area (Å²) in [7, 11) is 3.94. The Morgan fingerprint density at radius 1 is 1.29 bits per heavy atom. The molecule has 1 aromatic heterocycles. The summed E-state index contributed by atoms with van der Waals surface area (Å²) in [6, 6.07) is 12.4. The van der Waals surface area contributed by atoms with E-state index < -0.39 is 5.76 Å². The minimum absolute atomic E-state index is 0. The number of likely N-dealkylation sites (N-methyl/N-ethyl adjacent to an activating group) is 1. The number of nitrogens with zero attached hydrogens (tertiary/aromatic N) is 1. The summed E-state index contributed by atoms with van der Waals surface area (Å²) in [4.78, 5) is 16.4. The number of aromatic nitrogens is 1. The van der Waals surface area contributed by atoms with Gasteiger partial charge in [-0.3, -0.25) is 4.98 Å². The van der Waals surface area contributed by atoms with Gasteiger partial charge < -0.3 is 14.1 Å². The Kier molecular flexibility index (Phi) is 6.47. The molecule has 5 nitrogen and oxygen atoms in total. The second-order valence-electron chi connectivity index (χ2n) is 7.47. The van der Waals surface area contributed by atoms with Crippen LogP contribution in [0.4, 0.5) is 0 Å². The summed E-state index contributed by atoms with van der Waals surface area (Å²) < 4.78 is 10.7. The lowest BCUT2D eigenvalue weighted by atomic mass is 9.82. The first kappa shape index (κ1) is 20.5. The van der Waals surface area contributed by atoms with Gasteiger partial charge in [0.15, 0.2) is 5.58 Å². The Morgan fingerprint density at radius 3 is 2.96 bits per heavy atom. The van der Waals surface area contributed by atoms with Crippen molar-refractivity contribution in [2.24, 2.45) is 0 Å². The van der Waals surface area contributed by atoms with Gasteiger partial charge >= 0.3 is 5.76 Å². The number of methoxy groups -OCH3 is 1. The van der Waals surface area contributed by atoms with Crippen LogP contribution in [0, 0.1) is 0 Å². The molecular weight excluding hydrogens is 376 g/mol. The van der Waals surface area contributed by atoms with Gasteiger partial charge in [0, 0.05) is 13.1 Å². The van der Waals surface area contributed by atoms with Crippen LogP contribution in [-0.4, -0.2) is 37.1 Å². The molecule has 1 aliphatic rings. The maximum Gasteiger partial charge on any atom is 0.417 e. The quantitative estimate of drug-likeness (QED) is 0.673. The molecule has 1 heterocycles. The Hall–Kier alpha value is -2.24. The molecule has 0 saturated carbocycles. The van der Waals surface area contributed by atoms with Gasteiger partial charge in [-0.15, -0.1) is 12.4 Å². The van der Waals surface area contributed by atoms with Crippen LogP contribution < -0.4 is 10.5 Å². The van der Waals surface area contributed by atoms with Crippen molar-refractivity contribution in [3.8, 4) is 5.75 Å². The van der Waals surface area contributed by atoms with Crippen LogP contribution in [0.25, 0.3) is 11.1 Å². The molecular formula is C22H27ClN2O3. The molecule has 0 unspecified atom stereocenters. The third-order valence-corrected chi connectivity index (χ3v) is 5.61. The van der Waals surface area contributed by atoms with Gasteiger partial charge in [-0.1, -0.05) is 18.2 Å². The Bertz CT molecular complexity index is 995. The fraction of sp³-hybridized carbons (Fsp3) is 0.409. The summed E-state index contributed by atoms with van der Waals surface area (Å²) in [6.07, 6.45) is 4.49. The number of hydrogen-bond acceptors (Lipinski definition) is 4. The van der Waals surface area contributed by atoms with E-state index in [1.54, 1.807) is 7.11 Å². The van der Waals surface area contributed by atoms with Gasteiger partial charge in [-0.2, -0.15) is 0 Å². The molecule has 0 saturated heterocycles. The number of H-pyrrole nitrogens is 1. The number of benzene rings is 2. The maximum absolute atomic E-state index is 11.3. The van der Waals surface area contributed by atoms with Crippen LogP contribution in [0.3, 0.4) is 0 Å². The third kappa shape index (κ3) is 4.26. The Labute approximate surface area is 171 Å². The smallest absolute Gasteiger partial charge is 0.417 e. The van der Waals surface area contributed by atoms with Crippen LogP contribution in [-0.2, 0) is 12.8 Å². The van der Waals surface area contributed by atoms with Gasteiger partial charge in [0.25, 0.3) is 0 Å². The van der Waals surface area contributed by atoms with Crippen LogP contribution in [0.1, 0.15) is 35.4 Å². The molecule has 4 rings (SSSR count). The molecule has 2 aromatic carbocycles. The van der Waals surface area contributed by atoms with Gasteiger partial charge in [0.05, 0.1) is 12.6 Å². The van der Waals surface area contributed by atoms with Gasteiger partial charge in [0.2, 0.25) is 0 Å². The highest BCUT2D eigenvalue weighted by molar-refractivity contribution is 5.85. The summed E-state index contributed by atoms with van der Waals surface area (Å²) in [5.41, 5.74) is 5.40. The van der Waals surface area contributed by atoms with E-state index in [-0.39, 0.29) is 12.4 Å². The van der Waals surface area contributed by atoms with Gasteiger partial charge in [0.1, 0.15) is 5.75 Å². The first-order chi connectivity index (χ1) is 13.1. The Balaban J connectivity index is 0.00000225. The first-order valence-electron chi connectivity index (χ1n) is 9.60. The van der Waals surface area contributed by atoms with Crippen LogP contribution in [0.15, 0.2) is 45.6 Å². The molecule has 1 atom stereocenters. The van der Waals surface area contributed by atoms with E-state index >= 15 is 0 Å². The lowest BCUT2D eigenvalue weighted by Gasteiger charge is -2.30. The summed E-state index contributed by atoms with van der Waals surface area (Å²) >= 11 is 0. The molecule has 3 aromatic rings. The topological polar surface area (TPSA) is 58.5 Å². The predicted molar refractivity (Wildman–Crippen MR) is 114 cm³/mol. The first-order valence-corrected chi connectivity index (χ1v) is 9.60. The van der Waals surface area contributed by atoms with Gasteiger partial charge in [-0.05, 0) is 73.5 Å². The SMILES string of the molecule is COc1cccc2c1CCC[C@H]2CN(C)CCc1ccc2[nH]c(=O)oc2c1.Cl. The standard InChI is InChI=1S/C22H26N2O3.ClH/c1-24(12-11-15-9-10-19-21(13-15)27-22(25)23-19)14-16-5-3-7-18-17(16)6-4-8-20(18)26-2;/h4,6,8-10,13,16H,3,5,7,11-12,14H2,1-2H3,(H,23,25);1H/t16-;/m0./s1. The summed E-state index contributed by atoms with van der Waals surface area (Å²) in [5.74, 6) is 1.19. The van der Waals surface area contributed by atoms with E-state index in [0.29, 0.717) is 11.5 Å². The molecule has 1 N–H and O–H groups in total. The van der Waals surface area contributed by atoms with Crippen molar-refractivity contribution < 1.29 is 9.15 Å². The minimum Gasteiger partial charge on any atom is -0.496 e. The average molecular weight is 403 g/mol. The van der Waals surface area contributed by atoms with Crippen molar-refractivity contribution in [3.05, 3.63) is 63.6 Å².